The Hall–Kier alpha value is -1.93. The molecular weight excluding hydrogens is 310 g/mol. The fourth-order valence-electron chi connectivity index (χ4n) is 1.48. The van der Waals surface area contributed by atoms with Crippen LogP contribution >= 0.6 is 22.7 Å². The molecule has 0 bridgehead atoms. The fourth-order valence-corrected chi connectivity index (χ4v) is 3.19. The second-order valence-electron chi connectivity index (χ2n) is 5.34. The Labute approximate surface area is 129 Å². The van der Waals surface area contributed by atoms with Crippen LogP contribution in [0.4, 0.5) is 14.9 Å². The van der Waals surface area contributed by atoms with E-state index in [-0.39, 0.29) is 11.0 Å². The lowest BCUT2D eigenvalue weighted by Gasteiger charge is -2.14. The number of carboxylic acid groups (broad SMARTS) is 1. The van der Waals surface area contributed by atoms with Gasteiger partial charge in [-0.2, -0.15) is 0 Å². The number of thiophene rings is 1. The minimum absolute atomic E-state index is 0.0738. The highest BCUT2D eigenvalue weighted by Crippen LogP contribution is 2.27. The zero-order valence-corrected chi connectivity index (χ0v) is 13.4. The van der Waals surface area contributed by atoms with Gasteiger partial charge in [0.1, 0.15) is 5.00 Å². The highest BCUT2D eigenvalue weighted by atomic mass is 32.1. The van der Waals surface area contributed by atoms with E-state index in [1.165, 1.54) is 17.4 Å². The van der Waals surface area contributed by atoms with Gasteiger partial charge >= 0.3 is 12.0 Å². The zero-order chi connectivity index (χ0) is 15.6. The molecule has 6 nitrogen and oxygen atoms in total. The number of hydrogen-bond acceptors (Lipinski definition) is 5. The second kappa shape index (κ2) is 5.82. The predicted octanol–water partition coefficient (Wildman–Crippen LogP) is 3.84. The van der Waals surface area contributed by atoms with E-state index < -0.39 is 12.0 Å². The normalized spacial score (nSPS) is 11.2. The van der Waals surface area contributed by atoms with Gasteiger partial charge in [-0.1, -0.05) is 20.8 Å². The van der Waals surface area contributed by atoms with Crippen LogP contribution in [-0.4, -0.2) is 22.1 Å². The first-order valence-corrected chi connectivity index (χ1v) is 7.88. The molecule has 0 fully saturated rings. The summed E-state index contributed by atoms with van der Waals surface area (Å²) in [6.07, 6.45) is 0. The number of aromatic carboxylic acids is 1. The molecule has 2 heterocycles. The second-order valence-corrected chi connectivity index (χ2v) is 7.11. The summed E-state index contributed by atoms with van der Waals surface area (Å²) < 4.78 is 0. The number of thiazole rings is 1. The van der Waals surface area contributed by atoms with Crippen molar-refractivity contribution in [2.24, 2.45) is 0 Å². The molecule has 0 saturated carbocycles. The van der Waals surface area contributed by atoms with Crippen molar-refractivity contribution in [3.63, 3.8) is 0 Å². The number of nitrogens with one attached hydrogen (secondary N) is 2. The highest BCUT2D eigenvalue weighted by Gasteiger charge is 2.19. The molecule has 21 heavy (non-hydrogen) atoms. The van der Waals surface area contributed by atoms with E-state index in [2.05, 4.69) is 15.6 Å². The van der Waals surface area contributed by atoms with Crippen molar-refractivity contribution in [3.8, 4) is 0 Å². The smallest absolute Gasteiger partial charge is 0.338 e. The lowest BCUT2D eigenvalue weighted by molar-refractivity contribution is 0.0698. The predicted molar refractivity (Wildman–Crippen MR) is 84.7 cm³/mol. The maximum atomic E-state index is 11.9. The standard InChI is InChI=1S/C13H15N3O3S2/c1-13(2,3)8-6-21-12(14-8)16-11(19)15-9-7(10(17)18)4-5-20-9/h4-6H,1-3H3,(H,17,18)(H2,14,15,16,19). The van der Waals surface area contributed by atoms with Crippen LogP contribution in [0.25, 0.3) is 0 Å². The van der Waals surface area contributed by atoms with Gasteiger partial charge < -0.3 is 5.11 Å². The van der Waals surface area contributed by atoms with Gasteiger partial charge in [-0.15, -0.1) is 22.7 Å². The first kappa shape index (κ1) is 15.5. The number of aromatic nitrogens is 1. The molecule has 0 saturated heterocycles. The average molecular weight is 325 g/mol. The van der Waals surface area contributed by atoms with Gasteiger partial charge in [0.2, 0.25) is 0 Å². The molecule has 0 aliphatic carbocycles. The van der Waals surface area contributed by atoms with E-state index in [0.29, 0.717) is 10.1 Å². The summed E-state index contributed by atoms with van der Waals surface area (Å²) in [4.78, 5) is 27.2. The monoisotopic (exact) mass is 325 g/mol. The van der Waals surface area contributed by atoms with Crippen LogP contribution < -0.4 is 10.6 Å². The van der Waals surface area contributed by atoms with Gasteiger partial charge in [0.05, 0.1) is 11.3 Å². The Balaban J connectivity index is 2.03. The molecule has 3 N–H and O–H groups in total. The van der Waals surface area contributed by atoms with E-state index in [9.17, 15) is 9.59 Å². The maximum absolute atomic E-state index is 11.9. The third-order valence-corrected chi connectivity index (χ3v) is 4.20. The van der Waals surface area contributed by atoms with Crippen molar-refractivity contribution in [3.05, 3.63) is 28.1 Å². The molecule has 0 aliphatic rings. The van der Waals surface area contributed by atoms with Crippen LogP contribution in [0.5, 0.6) is 0 Å². The largest absolute Gasteiger partial charge is 0.478 e. The van der Waals surface area contributed by atoms with Crippen molar-refractivity contribution in [2.45, 2.75) is 26.2 Å². The molecule has 0 radical (unpaired) electrons. The fraction of sp³-hybridized carbons (Fsp3) is 0.308. The van der Waals surface area contributed by atoms with Gasteiger partial charge in [-0.05, 0) is 11.4 Å². The van der Waals surface area contributed by atoms with E-state index in [1.54, 1.807) is 5.38 Å². The first-order valence-electron chi connectivity index (χ1n) is 6.12. The van der Waals surface area contributed by atoms with E-state index in [1.807, 2.05) is 26.2 Å². The van der Waals surface area contributed by atoms with Crippen molar-refractivity contribution in [1.29, 1.82) is 0 Å². The maximum Gasteiger partial charge on any atom is 0.338 e. The number of anilines is 2. The average Bonchev–Trinajstić information content (AvgIpc) is 2.96. The summed E-state index contributed by atoms with van der Waals surface area (Å²) in [7, 11) is 0. The summed E-state index contributed by atoms with van der Waals surface area (Å²) in [6.45, 7) is 6.12. The quantitative estimate of drug-likeness (QED) is 0.799. The molecular formula is C13H15N3O3S2. The van der Waals surface area contributed by atoms with Gasteiger partial charge in [-0.3, -0.25) is 10.6 Å². The number of nitrogens with zero attached hydrogens (tertiary/aromatic N) is 1. The molecule has 2 aromatic heterocycles. The number of amides is 2. The molecule has 0 atom stereocenters. The number of carboxylic acids is 1. The molecule has 8 heteroatoms. The zero-order valence-electron chi connectivity index (χ0n) is 11.8. The van der Waals surface area contributed by atoms with Gasteiger partial charge in [0.15, 0.2) is 5.13 Å². The van der Waals surface area contributed by atoms with E-state index >= 15 is 0 Å². The molecule has 0 aromatic carbocycles. The number of rotatable bonds is 3. The highest BCUT2D eigenvalue weighted by molar-refractivity contribution is 7.15. The molecule has 0 spiro atoms. The summed E-state index contributed by atoms with van der Waals surface area (Å²) in [6, 6.07) is 0.943. The van der Waals surface area contributed by atoms with Crippen molar-refractivity contribution >= 4 is 44.8 Å². The third-order valence-electron chi connectivity index (χ3n) is 2.62. The number of carbonyl (C=O) groups is 2. The Morgan fingerprint density at radius 3 is 2.52 bits per heavy atom. The summed E-state index contributed by atoms with van der Waals surface area (Å²) >= 11 is 2.49. The summed E-state index contributed by atoms with van der Waals surface area (Å²) in [5.74, 6) is -1.07. The Kier molecular flexibility index (Phi) is 4.29. The van der Waals surface area contributed by atoms with Crippen LogP contribution in [0.1, 0.15) is 36.8 Å². The first-order chi connectivity index (χ1) is 9.77. The minimum Gasteiger partial charge on any atom is -0.478 e. The molecule has 0 unspecified atom stereocenters. The van der Waals surface area contributed by atoms with Crippen LogP contribution in [0, 0.1) is 0 Å². The number of urea groups is 1. The van der Waals surface area contributed by atoms with Crippen LogP contribution in [0.3, 0.4) is 0 Å². The van der Waals surface area contributed by atoms with Gasteiger partial charge in [-0.25, -0.2) is 14.6 Å². The summed E-state index contributed by atoms with van der Waals surface area (Å²) in [5, 5.41) is 18.4. The number of hydrogen-bond donors (Lipinski definition) is 3. The van der Waals surface area contributed by atoms with Crippen molar-refractivity contribution in [2.75, 3.05) is 10.6 Å². The third kappa shape index (κ3) is 3.79. The lowest BCUT2D eigenvalue weighted by atomic mass is 9.93. The van der Waals surface area contributed by atoms with E-state index in [4.69, 9.17) is 5.11 Å². The number of carbonyl (C=O) groups excluding carboxylic acids is 1. The van der Waals surface area contributed by atoms with Crippen LogP contribution in [0.15, 0.2) is 16.8 Å². The lowest BCUT2D eigenvalue weighted by Crippen LogP contribution is -2.20. The minimum atomic E-state index is -1.07. The topological polar surface area (TPSA) is 91.3 Å². The van der Waals surface area contributed by atoms with Crippen molar-refractivity contribution in [1.82, 2.24) is 4.98 Å². The van der Waals surface area contributed by atoms with Crippen LogP contribution in [-0.2, 0) is 5.41 Å². The molecule has 112 valence electrons. The van der Waals surface area contributed by atoms with Gasteiger partial charge in [0.25, 0.3) is 0 Å². The molecule has 2 aromatic rings. The summed E-state index contributed by atoms with van der Waals surface area (Å²) in [5.41, 5.74) is 0.881. The Morgan fingerprint density at radius 2 is 1.95 bits per heavy atom. The molecule has 2 rings (SSSR count). The SMILES string of the molecule is CC(C)(C)c1csc(NC(=O)Nc2sccc2C(=O)O)n1. The van der Waals surface area contributed by atoms with E-state index in [0.717, 1.165) is 17.0 Å². The van der Waals surface area contributed by atoms with Crippen LogP contribution in [0.2, 0.25) is 0 Å². The van der Waals surface area contributed by atoms with Crippen molar-refractivity contribution < 1.29 is 14.7 Å². The Morgan fingerprint density at radius 1 is 1.24 bits per heavy atom. The van der Waals surface area contributed by atoms with Gasteiger partial charge in [0, 0.05) is 10.8 Å². The Bertz CT molecular complexity index is 670. The molecule has 2 amide bonds. The molecule has 0 aliphatic heterocycles.